The molecule has 1 aliphatic heterocycles. The van der Waals surface area contributed by atoms with Gasteiger partial charge in [0.05, 0.1) is 11.2 Å². The van der Waals surface area contributed by atoms with Crippen molar-refractivity contribution < 1.29 is 9.31 Å². The molecule has 1 saturated heterocycles. The van der Waals surface area contributed by atoms with Crippen molar-refractivity contribution >= 4 is 7.12 Å². The summed E-state index contributed by atoms with van der Waals surface area (Å²) in [4.78, 5) is 0. The molecule has 2 unspecified atom stereocenters. The molecule has 0 aromatic heterocycles. The Balaban J connectivity index is 1.82. The van der Waals surface area contributed by atoms with E-state index in [1.807, 2.05) is 0 Å². The van der Waals surface area contributed by atoms with Crippen LogP contribution >= 0.6 is 0 Å². The molecule has 2 nitrogen and oxygen atoms in total. The zero-order valence-electron chi connectivity index (χ0n) is 10.1. The summed E-state index contributed by atoms with van der Waals surface area (Å²) in [6.45, 7) is 8.89. The van der Waals surface area contributed by atoms with Gasteiger partial charge in [-0.15, -0.1) is 0 Å². The van der Waals surface area contributed by atoms with E-state index >= 15 is 0 Å². The lowest BCUT2D eigenvalue weighted by molar-refractivity contribution is 0.187. The van der Waals surface area contributed by atoms with Crippen LogP contribution in [-0.2, 0) is 9.31 Å². The van der Waals surface area contributed by atoms with E-state index < -0.39 is 0 Å². The first kappa shape index (κ1) is 9.92. The van der Waals surface area contributed by atoms with Gasteiger partial charge >= 0.3 is 7.12 Å². The summed E-state index contributed by atoms with van der Waals surface area (Å²) in [5.41, 5.74) is 1.58. The quantitative estimate of drug-likeness (QED) is 0.614. The number of rotatable bonds is 1. The largest absolute Gasteiger partial charge is 0.490 e. The van der Waals surface area contributed by atoms with Gasteiger partial charge in [0.15, 0.2) is 0 Å². The molecule has 1 saturated carbocycles. The van der Waals surface area contributed by atoms with Crippen molar-refractivity contribution in [3.8, 4) is 0 Å². The minimum Gasteiger partial charge on any atom is -0.399 e. The van der Waals surface area contributed by atoms with E-state index in [-0.39, 0.29) is 23.7 Å². The van der Waals surface area contributed by atoms with Crippen LogP contribution in [0, 0.1) is 5.41 Å². The molecule has 15 heavy (non-hydrogen) atoms. The molecule has 3 heteroatoms. The van der Waals surface area contributed by atoms with Crippen molar-refractivity contribution in [1.82, 2.24) is 0 Å². The highest BCUT2D eigenvalue weighted by atomic mass is 16.7. The highest BCUT2D eigenvalue weighted by Crippen LogP contribution is 2.60. The molecule has 1 heterocycles. The summed E-state index contributed by atoms with van der Waals surface area (Å²) >= 11 is 0. The summed E-state index contributed by atoms with van der Waals surface area (Å²) in [6, 6.07) is 0. The minimum atomic E-state index is -0.0775. The van der Waals surface area contributed by atoms with Gasteiger partial charge in [-0.1, -0.05) is 19.9 Å². The second kappa shape index (κ2) is 2.52. The molecule has 82 valence electrons. The third-order valence-electron chi connectivity index (χ3n) is 4.57. The van der Waals surface area contributed by atoms with E-state index in [9.17, 15) is 0 Å². The predicted octanol–water partition coefficient (Wildman–Crippen LogP) is 2.73. The number of allylic oxidation sites excluding steroid dienone is 2. The minimum absolute atomic E-state index is 0.0167. The van der Waals surface area contributed by atoms with E-state index in [1.165, 1.54) is 18.3 Å². The molecule has 0 N–H and O–H groups in total. The molecule has 2 fully saturated rings. The Kier molecular flexibility index (Phi) is 1.66. The summed E-state index contributed by atoms with van der Waals surface area (Å²) in [5.74, 6) is 0. The molecular formula is C12H19BO2. The van der Waals surface area contributed by atoms with Gasteiger partial charge in [0.25, 0.3) is 0 Å². The van der Waals surface area contributed by atoms with Gasteiger partial charge in [-0.05, 0) is 37.6 Å². The van der Waals surface area contributed by atoms with Gasteiger partial charge in [0, 0.05) is 6.42 Å². The Labute approximate surface area is 92.2 Å². The average molecular weight is 206 g/mol. The highest BCUT2D eigenvalue weighted by Gasteiger charge is 2.71. The van der Waals surface area contributed by atoms with E-state index in [1.54, 1.807) is 0 Å². The Morgan fingerprint density at radius 3 is 2.20 bits per heavy atom. The molecular weight excluding hydrogens is 187 g/mol. The molecule has 0 bridgehead atoms. The molecule has 3 aliphatic rings. The van der Waals surface area contributed by atoms with Crippen LogP contribution in [0.2, 0.25) is 0 Å². The second-order valence-electron chi connectivity index (χ2n) is 6.29. The normalized spacial score (nSPS) is 46.7. The molecule has 0 spiro atoms. The molecule has 0 radical (unpaired) electrons. The SMILES string of the molecule is CC1(C)CCC=C1B1OC2(C)CC2(C)O1. The first-order valence-electron chi connectivity index (χ1n) is 5.93. The maximum absolute atomic E-state index is 6.05. The maximum Gasteiger partial charge on any atom is 0.490 e. The van der Waals surface area contributed by atoms with Crippen molar-refractivity contribution in [2.45, 2.75) is 58.2 Å². The molecule has 2 atom stereocenters. The van der Waals surface area contributed by atoms with Crippen LogP contribution in [0.1, 0.15) is 47.0 Å². The summed E-state index contributed by atoms with van der Waals surface area (Å²) in [6.07, 6.45) is 5.74. The summed E-state index contributed by atoms with van der Waals surface area (Å²) < 4.78 is 12.1. The molecule has 3 rings (SSSR count). The van der Waals surface area contributed by atoms with Crippen molar-refractivity contribution in [2.24, 2.45) is 5.41 Å². The number of hydrogen-bond donors (Lipinski definition) is 0. The predicted molar refractivity (Wildman–Crippen MR) is 60.4 cm³/mol. The van der Waals surface area contributed by atoms with Crippen molar-refractivity contribution in [3.05, 3.63) is 11.5 Å². The lowest BCUT2D eigenvalue weighted by Gasteiger charge is -2.25. The second-order valence-corrected chi connectivity index (χ2v) is 6.29. The Hall–Kier alpha value is -0.275. The maximum atomic E-state index is 6.05. The summed E-state index contributed by atoms with van der Waals surface area (Å²) in [5, 5.41) is 0. The third kappa shape index (κ3) is 1.20. The third-order valence-corrected chi connectivity index (χ3v) is 4.57. The standard InChI is InChI=1S/C12H19BO2/c1-10(2)7-5-6-9(10)13-14-11(3)8-12(11,4)15-13/h6H,5,7-8H2,1-4H3. The Morgan fingerprint density at radius 2 is 1.73 bits per heavy atom. The fraction of sp³-hybridized carbons (Fsp3) is 0.833. The lowest BCUT2D eigenvalue weighted by Crippen LogP contribution is -2.30. The zero-order valence-corrected chi connectivity index (χ0v) is 10.1. The lowest BCUT2D eigenvalue weighted by atomic mass is 9.65. The van der Waals surface area contributed by atoms with Crippen molar-refractivity contribution in [2.75, 3.05) is 0 Å². The van der Waals surface area contributed by atoms with Crippen molar-refractivity contribution in [3.63, 3.8) is 0 Å². The van der Waals surface area contributed by atoms with Crippen LogP contribution in [0.25, 0.3) is 0 Å². The fourth-order valence-corrected chi connectivity index (χ4v) is 2.98. The number of fused-ring (bicyclic) bond motifs is 1. The molecule has 0 aromatic carbocycles. The highest BCUT2D eigenvalue weighted by molar-refractivity contribution is 6.55. The topological polar surface area (TPSA) is 18.5 Å². The van der Waals surface area contributed by atoms with Crippen LogP contribution in [0.4, 0.5) is 0 Å². The fourth-order valence-electron chi connectivity index (χ4n) is 2.98. The number of hydrogen-bond acceptors (Lipinski definition) is 2. The van der Waals surface area contributed by atoms with Crippen LogP contribution < -0.4 is 0 Å². The summed E-state index contributed by atoms with van der Waals surface area (Å²) in [7, 11) is -0.0775. The first-order valence-corrected chi connectivity index (χ1v) is 5.93. The smallest absolute Gasteiger partial charge is 0.399 e. The van der Waals surface area contributed by atoms with E-state index in [4.69, 9.17) is 9.31 Å². The van der Waals surface area contributed by atoms with Crippen molar-refractivity contribution in [1.29, 1.82) is 0 Å². The molecule has 0 amide bonds. The van der Waals surface area contributed by atoms with Gasteiger partial charge in [-0.3, -0.25) is 0 Å². The zero-order chi connectivity index (χ0) is 10.9. The first-order chi connectivity index (χ1) is 6.86. The monoisotopic (exact) mass is 206 g/mol. The van der Waals surface area contributed by atoms with Gasteiger partial charge in [-0.2, -0.15) is 0 Å². The van der Waals surface area contributed by atoms with Gasteiger partial charge in [-0.25, -0.2) is 0 Å². The van der Waals surface area contributed by atoms with Crippen LogP contribution in [0.5, 0.6) is 0 Å². The van der Waals surface area contributed by atoms with Crippen LogP contribution in [0.15, 0.2) is 11.5 Å². The van der Waals surface area contributed by atoms with E-state index in [2.05, 4.69) is 33.8 Å². The van der Waals surface area contributed by atoms with E-state index in [0.29, 0.717) is 0 Å². The molecule has 2 aliphatic carbocycles. The van der Waals surface area contributed by atoms with Crippen LogP contribution in [0.3, 0.4) is 0 Å². The Bertz CT molecular complexity index is 334. The molecule has 0 aromatic rings. The van der Waals surface area contributed by atoms with Gasteiger partial charge in [0.1, 0.15) is 0 Å². The van der Waals surface area contributed by atoms with Crippen LogP contribution in [-0.4, -0.2) is 18.3 Å². The Morgan fingerprint density at radius 1 is 1.13 bits per heavy atom. The van der Waals surface area contributed by atoms with Gasteiger partial charge < -0.3 is 9.31 Å². The van der Waals surface area contributed by atoms with Gasteiger partial charge in [0.2, 0.25) is 0 Å². The van der Waals surface area contributed by atoms with E-state index in [0.717, 1.165) is 6.42 Å². The average Bonchev–Trinajstić information content (AvgIpc) is 2.40.